The number of sulfonamides is 2. The van der Waals surface area contributed by atoms with Gasteiger partial charge in [0.25, 0.3) is 43.7 Å². The number of fused-ring (bicyclic) bond motifs is 11. The van der Waals surface area contributed by atoms with Gasteiger partial charge in [-0.15, -0.1) is 0 Å². The number of carbonyl (C=O) groups excluding carboxylic acids is 4. The number of benzene rings is 4. The normalized spacial score (nSPS) is 36.3. The first-order chi connectivity index (χ1) is 29.4. The van der Waals surface area contributed by atoms with E-state index in [1.165, 1.54) is 95.7 Å². The molecular formula is C42H36N6O8S6. The molecule has 0 radical (unpaired) electrons. The highest BCUT2D eigenvalue weighted by atomic mass is 33.1. The number of hydrogen-bond donors (Lipinski definition) is 0. The molecule has 4 amide bonds. The number of rotatable bonds is 5. The molecule has 0 unspecified atom stereocenters. The van der Waals surface area contributed by atoms with Crippen molar-refractivity contribution >= 4 is 98.2 Å². The third kappa shape index (κ3) is 3.97. The minimum absolute atomic E-state index is 0.0556. The van der Waals surface area contributed by atoms with Crippen LogP contribution in [0.3, 0.4) is 0 Å². The van der Waals surface area contributed by atoms with Crippen LogP contribution in [0.5, 0.6) is 0 Å². The van der Waals surface area contributed by atoms with E-state index < -0.39 is 86.3 Å². The summed E-state index contributed by atoms with van der Waals surface area (Å²) in [6.45, 7) is 3.31. The molecule has 62 heavy (non-hydrogen) atoms. The zero-order valence-corrected chi connectivity index (χ0v) is 38.3. The molecule has 10 aliphatic rings. The van der Waals surface area contributed by atoms with E-state index >= 15 is 36.0 Å². The van der Waals surface area contributed by atoms with Crippen LogP contribution in [-0.2, 0) is 50.1 Å². The van der Waals surface area contributed by atoms with E-state index in [0.29, 0.717) is 11.1 Å². The van der Waals surface area contributed by atoms with E-state index in [9.17, 15) is 0 Å². The second kappa shape index (κ2) is 11.9. The Morgan fingerprint density at radius 2 is 0.823 bits per heavy atom. The summed E-state index contributed by atoms with van der Waals surface area (Å²) in [5.74, 6) is -1.77. The summed E-state index contributed by atoms with van der Waals surface area (Å²) in [5, 5.41) is 0. The van der Waals surface area contributed by atoms with Crippen LogP contribution < -0.4 is 8.61 Å². The summed E-state index contributed by atoms with van der Waals surface area (Å²) in [7, 11) is -1.14. The average molecular weight is 945 g/mol. The number of likely N-dealkylation sites (N-methyl/N-ethyl adjacent to an activating group) is 2. The molecule has 10 heterocycles. The molecule has 8 fully saturated rings. The number of anilines is 2. The maximum absolute atomic E-state index is 15.7. The van der Waals surface area contributed by atoms with E-state index in [2.05, 4.69) is 0 Å². The standard InChI is InChI=1S/C42H36N6O8S6/c1-37-33(49)45-31-39(23-41(45,59-57-37)35(51)43(37)3,27-19-11-13-21-29(27)47(31)61(53,54)25-15-7-5-8-16-25)40-24-42-36(52)44(4)38(2,58-60-42)34(50)46(42)32(40)48(30-22-14-12-20-28(30)40)62(55,56)26-17-9-6-10-18-26/h5-22,31-32H,23-24H2,1-4H3/t31-,32-,37-,38-,39-,40-,41-,42-/m0/s1. The number of nitrogens with zero attached hydrogens (tertiary/aromatic N) is 6. The van der Waals surface area contributed by atoms with Crippen LogP contribution in [0.15, 0.2) is 119 Å². The Labute approximate surface area is 373 Å². The van der Waals surface area contributed by atoms with Crippen molar-refractivity contribution in [3.63, 3.8) is 0 Å². The lowest BCUT2D eigenvalue weighted by Gasteiger charge is -2.58. The minimum Gasteiger partial charge on any atom is -0.319 e. The lowest BCUT2D eigenvalue weighted by Crippen LogP contribution is -2.76. The van der Waals surface area contributed by atoms with Gasteiger partial charge in [-0.3, -0.25) is 29.0 Å². The van der Waals surface area contributed by atoms with Gasteiger partial charge in [-0.25, -0.2) is 25.4 Å². The van der Waals surface area contributed by atoms with Crippen molar-refractivity contribution in [1.82, 2.24) is 19.6 Å². The highest BCUT2D eigenvalue weighted by Gasteiger charge is 2.89. The number of piperazine rings is 2. The lowest BCUT2D eigenvalue weighted by atomic mass is 9.54. The molecule has 4 aromatic carbocycles. The fraction of sp³-hybridized carbons (Fsp3) is 0.333. The number of carbonyl (C=O) groups is 4. The molecule has 0 N–H and O–H groups in total. The summed E-state index contributed by atoms with van der Waals surface area (Å²) in [4.78, 5) is 61.0. The average Bonchev–Trinajstić information content (AvgIpc) is 3.95. The summed E-state index contributed by atoms with van der Waals surface area (Å²) < 4.78 is 65.2. The third-order valence-corrected chi connectivity index (χ3v) is 25.7. The molecule has 0 saturated carbocycles. The Kier molecular flexibility index (Phi) is 7.51. The summed E-state index contributed by atoms with van der Waals surface area (Å²) in [5.41, 5.74) is -1.98. The second-order valence-electron chi connectivity index (χ2n) is 17.3. The van der Waals surface area contributed by atoms with E-state index in [1.807, 2.05) is 0 Å². The third-order valence-electron chi connectivity index (χ3n) is 14.7. The van der Waals surface area contributed by atoms with Crippen LogP contribution in [0.1, 0.15) is 37.8 Å². The second-order valence-corrected chi connectivity index (χ2v) is 26.5. The Balaban J connectivity index is 1.25. The summed E-state index contributed by atoms with van der Waals surface area (Å²) in [6.07, 6.45) is -3.31. The first-order valence-electron chi connectivity index (χ1n) is 19.8. The van der Waals surface area contributed by atoms with Crippen LogP contribution in [0, 0.1) is 0 Å². The predicted octanol–water partition coefficient (Wildman–Crippen LogP) is 4.96. The van der Waals surface area contributed by atoms with Crippen LogP contribution in [0.2, 0.25) is 0 Å². The Morgan fingerprint density at radius 3 is 1.19 bits per heavy atom. The van der Waals surface area contributed by atoms with Crippen molar-refractivity contribution in [2.75, 3.05) is 22.7 Å². The van der Waals surface area contributed by atoms with Gasteiger partial charge in [-0.1, -0.05) is 116 Å². The molecule has 4 aromatic rings. The molecule has 10 aliphatic heterocycles. The Hall–Kier alpha value is -4.34. The number of hydrogen-bond acceptors (Lipinski definition) is 12. The van der Waals surface area contributed by atoms with Crippen LogP contribution in [0.25, 0.3) is 0 Å². The van der Waals surface area contributed by atoms with Gasteiger partial charge in [0, 0.05) is 26.9 Å². The van der Waals surface area contributed by atoms with Gasteiger partial charge >= 0.3 is 0 Å². The Bertz CT molecular complexity index is 2800. The number of amides is 4. The van der Waals surface area contributed by atoms with Gasteiger partial charge in [0.15, 0.2) is 19.5 Å². The fourth-order valence-electron chi connectivity index (χ4n) is 11.8. The SMILES string of the molecule is CN1C(=O)[C@@]23C[C@]4([C@]56C[C@@]78SS[C@@](C)(C(=O)N7[C@H]5N(S(=O)(=O)c5ccccc5)c5ccccc56)N(C)C8=O)c5ccccc5N(S(=O)(=O)c5ccccc5)[C@@H]4N2C(=O)[C@]1(C)SS3. The Morgan fingerprint density at radius 1 is 0.484 bits per heavy atom. The van der Waals surface area contributed by atoms with E-state index in [-0.39, 0.29) is 34.0 Å². The van der Waals surface area contributed by atoms with Crippen LogP contribution in [0.4, 0.5) is 11.4 Å². The van der Waals surface area contributed by atoms with E-state index in [4.69, 9.17) is 0 Å². The molecule has 20 heteroatoms. The monoisotopic (exact) mass is 944 g/mol. The van der Waals surface area contributed by atoms with Crippen molar-refractivity contribution in [3.05, 3.63) is 120 Å². The van der Waals surface area contributed by atoms with Gasteiger partial charge in [0.05, 0.1) is 32.0 Å². The van der Waals surface area contributed by atoms with Crippen molar-refractivity contribution in [2.45, 2.75) is 79.1 Å². The van der Waals surface area contributed by atoms with Crippen molar-refractivity contribution < 1.29 is 36.0 Å². The molecule has 8 saturated heterocycles. The van der Waals surface area contributed by atoms with Gasteiger partial charge in [-0.05, 0) is 61.4 Å². The molecular weight excluding hydrogens is 909 g/mol. The molecule has 318 valence electrons. The largest absolute Gasteiger partial charge is 0.319 e. The van der Waals surface area contributed by atoms with Crippen molar-refractivity contribution in [3.8, 4) is 0 Å². The molecule has 0 aromatic heterocycles. The van der Waals surface area contributed by atoms with E-state index in [0.717, 1.165) is 0 Å². The highest BCUT2D eigenvalue weighted by molar-refractivity contribution is 8.78. The summed E-state index contributed by atoms with van der Waals surface area (Å²) >= 11 is 0. The maximum Gasteiger partial charge on any atom is 0.266 e. The first-order valence-corrected chi connectivity index (χ1v) is 27.0. The molecule has 14 rings (SSSR count). The van der Waals surface area contributed by atoms with Gasteiger partial charge < -0.3 is 9.80 Å². The number of para-hydroxylation sites is 2. The predicted molar refractivity (Wildman–Crippen MR) is 237 cm³/mol. The summed E-state index contributed by atoms with van der Waals surface area (Å²) in [6, 6.07) is 29.7. The smallest absolute Gasteiger partial charge is 0.266 e. The van der Waals surface area contributed by atoms with Crippen LogP contribution in [-0.4, -0.2) is 106 Å². The zero-order chi connectivity index (χ0) is 43.4. The fourth-order valence-corrected chi connectivity index (χ4v) is 22.2. The topological polar surface area (TPSA) is 156 Å². The quantitative estimate of drug-likeness (QED) is 0.249. The van der Waals surface area contributed by atoms with Gasteiger partial charge in [-0.2, -0.15) is 0 Å². The molecule has 8 atom stereocenters. The maximum atomic E-state index is 15.7. The van der Waals surface area contributed by atoms with Gasteiger partial charge in [0.2, 0.25) is 0 Å². The zero-order valence-electron chi connectivity index (χ0n) is 33.4. The molecule has 2 spiro atoms. The molecule has 14 nitrogen and oxygen atoms in total. The molecule has 4 bridgehead atoms. The first kappa shape index (κ1) is 39.3. The molecule has 0 aliphatic carbocycles. The van der Waals surface area contributed by atoms with Crippen LogP contribution >= 0.6 is 43.2 Å². The van der Waals surface area contributed by atoms with Crippen molar-refractivity contribution in [1.29, 1.82) is 0 Å². The minimum atomic E-state index is -4.59. The van der Waals surface area contributed by atoms with Gasteiger partial charge in [0.1, 0.15) is 12.3 Å². The van der Waals surface area contributed by atoms with E-state index in [1.54, 1.807) is 113 Å². The lowest BCUT2D eigenvalue weighted by molar-refractivity contribution is -0.164. The van der Waals surface area contributed by atoms with Crippen molar-refractivity contribution in [2.24, 2.45) is 0 Å². The highest BCUT2D eigenvalue weighted by Crippen LogP contribution is 2.80.